The number of aromatic nitrogens is 1. The minimum atomic E-state index is 0.0408. The molecule has 1 amide bonds. The van der Waals surface area contributed by atoms with Crippen molar-refractivity contribution in [2.45, 2.75) is 39.0 Å². The second-order valence-corrected chi connectivity index (χ2v) is 5.93. The van der Waals surface area contributed by atoms with Crippen LogP contribution in [-0.4, -0.2) is 29.2 Å². The zero-order valence-corrected chi connectivity index (χ0v) is 12.8. The second kappa shape index (κ2) is 7.76. The molecule has 1 unspecified atom stereocenters. The first kappa shape index (κ1) is 15.5. The average molecular weight is 287 g/mol. The van der Waals surface area contributed by atoms with Gasteiger partial charge in [-0.15, -0.1) is 11.3 Å². The number of thiazole rings is 1. The van der Waals surface area contributed by atoms with Crippen LogP contribution >= 0.6 is 23.1 Å². The molecule has 0 aliphatic rings. The normalized spacial score (nSPS) is 12.4. The topological polar surface area (TPSA) is 59.2 Å². The molecule has 1 rings (SSSR count). The lowest BCUT2D eigenvalue weighted by atomic mass is 10.3. The van der Waals surface area contributed by atoms with Gasteiger partial charge in [-0.1, -0.05) is 6.92 Å². The molecule has 1 aromatic rings. The molecule has 0 aliphatic heterocycles. The van der Waals surface area contributed by atoms with Crippen LogP contribution in [0.15, 0.2) is 5.38 Å². The smallest absolute Gasteiger partial charge is 0.225 e. The monoisotopic (exact) mass is 287 g/mol. The van der Waals surface area contributed by atoms with Crippen molar-refractivity contribution in [3.63, 3.8) is 0 Å². The van der Waals surface area contributed by atoms with E-state index in [2.05, 4.69) is 11.9 Å². The van der Waals surface area contributed by atoms with Gasteiger partial charge in [0.05, 0.1) is 5.69 Å². The van der Waals surface area contributed by atoms with Crippen molar-refractivity contribution in [3.05, 3.63) is 11.1 Å². The number of nitrogens with two attached hydrogens (primary N) is 1. The lowest BCUT2D eigenvalue weighted by molar-refractivity contribution is -0.116. The summed E-state index contributed by atoms with van der Waals surface area (Å²) in [5.41, 5.74) is 6.89. The summed E-state index contributed by atoms with van der Waals surface area (Å²) < 4.78 is 0. The summed E-state index contributed by atoms with van der Waals surface area (Å²) in [6.07, 6.45) is 1.00. The number of thioether (sulfide) groups is 1. The molecule has 102 valence electrons. The molecular weight excluding hydrogens is 266 g/mol. The highest BCUT2D eigenvalue weighted by molar-refractivity contribution is 7.98. The summed E-state index contributed by atoms with van der Waals surface area (Å²) >= 11 is 3.32. The molecule has 2 N–H and O–H groups in total. The maximum Gasteiger partial charge on any atom is 0.225 e. The number of hydrogen-bond acceptors (Lipinski definition) is 5. The number of anilines is 1. The molecule has 0 radical (unpaired) electrons. The molecule has 0 saturated heterocycles. The van der Waals surface area contributed by atoms with Crippen molar-refractivity contribution in [1.82, 2.24) is 4.98 Å². The van der Waals surface area contributed by atoms with Crippen LogP contribution in [0.25, 0.3) is 0 Å². The van der Waals surface area contributed by atoms with E-state index in [9.17, 15) is 4.79 Å². The zero-order chi connectivity index (χ0) is 13.5. The Kier molecular flexibility index (Phi) is 6.67. The van der Waals surface area contributed by atoms with E-state index in [-0.39, 0.29) is 11.9 Å². The van der Waals surface area contributed by atoms with E-state index in [0.29, 0.717) is 6.54 Å². The van der Waals surface area contributed by atoms with E-state index in [4.69, 9.17) is 5.73 Å². The molecule has 0 spiro atoms. The highest BCUT2D eigenvalue weighted by Crippen LogP contribution is 2.23. The number of amides is 1. The third-order valence-corrected chi connectivity index (χ3v) is 4.65. The van der Waals surface area contributed by atoms with Gasteiger partial charge in [0.15, 0.2) is 5.13 Å². The quantitative estimate of drug-likeness (QED) is 0.837. The Bertz CT molecular complexity index is 381. The zero-order valence-electron chi connectivity index (χ0n) is 11.2. The first-order valence-electron chi connectivity index (χ1n) is 6.14. The molecule has 1 atom stereocenters. The van der Waals surface area contributed by atoms with Crippen LogP contribution in [0.5, 0.6) is 0 Å². The molecule has 0 fully saturated rings. The molecular formula is C12H21N3OS2. The molecule has 6 heteroatoms. The fourth-order valence-corrected chi connectivity index (χ4v) is 3.46. The number of rotatable bonds is 7. The Labute approximate surface area is 117 Å². The molecule has 0 aromatic carbocycles. The van der Waals surface area contributed by atoms with Crippen molar-refractivity contribution in [3.8, 4) is 0 Å². The third-order valence-electron chi connectivity index (χ3n) is 2.57. The molecule has 0 saturated carbocycles. The van der Waals surface area contributed by atoms with Gasteiger partial charge in [0.1, 0.15) is 0 Å². The predicted molar refractivity (Wildman–Crippen MR) is 80.2 cm³/mol. The van der Waals surface area contributed by atoms with E-state index in [0.717, 1.165) is 28.8 Å². The molecule has 1 aromatic heterocycles. The predicted octanol–water partition coefficient (Wildman–Crippen LogP) is 2.49. The maximum atomic E-state index is 11.4. The van der Waals surface area contributed by atoms with E-state index >= 15 is 0 Å². The molecule has 1 heterocycles. The lowest BCUT2D eigenvalue weighted by Gasteiger charge is -2.14. The van der Waals surface area contributed by atoms with E-state index < -0.39 is 0 Å². The van der Waals surface area contributed by atoms with Crippen LogP contribution in [0.1, 0.15) is 32.9 Å². The Hall–Kier alpha value is -0.590. The van der Waals surface area contributed by atoms with Gasteiger partial charge in [-0.3, -0.25) is 9.69 Å². The van der Waals surface area contributed by atoms with Gasteiger partial charge in [0.25, 0.3) is 0 Å². The van der Waals surface area contributed by atoms with Crippen LogP contribution in [0.2, 0.25) is 0 Å². The minimum absolute atomic E-state index is 0.0408. The average Bonchev–Trinajstić information content (AvgIpc) is 2.78. The van der Waals surface area contributed by atoms with Crippen LogP contribution in [0.4, 0.5) is 5.13 Å². The number of hydrogen-bond donors (Lipinski definition) is 1. The van der Waals surface area contributed by atoms with Crippen molar-refractivity contribution >= 4 is 34.1 Å². The van der Waals surface area contributed by atoms with Gasteiger partial charge in [-0.05, 0) is 13.3 Å². The van der Waals surface area contributed by atoms with E-state index in [1.807, 2.05) is 12.3 Å². The molecule has 0 bridgehead atoms. The van der Waals surface area contributed by atoms with Crippen molar-refractivity contribution < 1.29 is 4.79 Å². The van der Waals surface area contributed by atoms with Crippen molar-refractivity contribution in [2.24, 2.45) is 5.73 Å². The van der Waals surface area contributed by atoms with Gasteiger partial charge < -0.3 is 5.73 Å². The molecule has 4 nitrogen and oxygen atoms in total. The fraction of sp³-hybridized carbons (Fsp3) is 0.667. The summed E-state index contributed by atoms with van der Waals surface area (Å²) in [7, 11) is 0. The molecule has 18 heavy (non-hydrogen) atoms. The number of carbonyl (C=O) groups excluding carboxylic acids is 1. The summed E-state index contributed by atoms with van der Waals surface area (Å²) in [5, 5.41) is 2.81. The maximum absolute atomic E-state index is 11.4. The first-order valence-corrected chi connectivity index (χ1v) is 8.17. The summed E-state index contributed by atoms with van der Waals surface area (Å²) in [6, 6.07) is 0.262. The Morgan fingerprint density at radius 3 is 2.89 bits per heavy atom. The van der Waals surface area contributed by atoms with Crippen LogP contribution in [-0.2, 0) is 10.5 Å². The summed E-state index contributed by atoms with van der Waals surface area (Å²) in [4.78, 5) is 17.6. The Balaban J connectivity index is 2.50. The van der Waals surface area contributed by atoms with E-state index in [1.54, 1.807) is 23.6 Å². The van der Waals surface area contributed by atoms with Crippen LogP contribution < -0.4 is 10.6 Å². The largest absolute Gasteiger partial charge is 0.327 e. The minimum Gasteiger partial charge on any atom is -0.327 e. The standard InChI is InChI=1S/C12H21N3OS2/c1-4-10(13)6-17-7-11-8-18-12(14-11)15(5-2)9(3)16/h8,10H,4-7,13H2,1-3H3. The number of nitrogens with zero attached hydrogens (tertiary/aromatic N) is 2. The Morgan fingerprint density at radius 1 is 1.61 bits per heavy atom. The second-order valence-electron chi connectivity index (χ2n) is 4.07. The van der Waals surface area contributed by atoms with Gasteiger partial charge in [0.2, 0.25) is 5.91 Å². The fourth-order valence-electron chi connectivity index (χ4n) is 1.41. The van der Waals surface area contributed by atoms with Gasteiger partial charge in [-0.25, -0.2) is 4.98 Å². The van der Waals surface area contributed by atoms with Crippen molar-refractivity contribution in [1.29, 1.82) is 0 Å². The van der Waals surface area contributed by atoms with E-state index in [1.165, 1.54) is 11.3 Å². The lowest BCUT2D eigenvalue weighted by Crippen LogP contribution is -2.27. The third kappa shape index (κ3) is 4.59. The summed E-state index contributed by atoms with van der Waals surface area (Å²) in [5.74, 6) is 1.85. The SMILES string of the molecule is CCC(N)CSCc1csc(N(CC)C(C)=O)n1. The van der Waals surface area contributed by atoms with Gasteiger partial charge in [-0.2, -0.15) is 11.8 Å². The molecule has 0 aliphatic carbocycles. The highest BCUT2D eigenvalue weighted by Gasteiger charge is 2.13. The highest BCUT2D eigenvalue weighted by atomic mass is 32.2. The number of carbonyl (C=O) groups is 1. The van der Waals surface area contributed by atoms with Crippen molar-refractivity contribution in [2.75, 3.05) is 17.2 Å². The van der Waals surface area contributed by atoms with Crippen LogP contribution in [0.3, 0.4) is 0 Å². The van der Waals surface area contributed by atoms with Gasteiger partial charge >= 0.3 is 0 Å². The Morgan fingerprint density at radius 2 is 2.33 bits per heavy atom. The first-order chi connectivity index (χ1) is 8.58. The van der Waals surface area contributed by atoms with Gasteiger partial charge in [0, 0.05) is 36.4 Å². The van der Waals surface area contributed by atoms with Crippen LogP contribution in [0, 0.1) is 0 Å². The summed E-state index contributed by atoms with van der Waals surface area (Å²) in [6.45, 7) is 6.28.